The molecule has 1 aromatic rings. The molecular formula is C13H23N3OS. The Morgan fingerprint density at radius 2 is 2.56 bits per heavy atom. The maximum atomic E-state index is 5.66. The third-order valence-electron chi connectivity index (χ3n) is 3.42. The number of rotatable bonds is 8. The Balaban J connectivity index is 1.74. The second kappa shape index (κ2) is 7.81. The minimum Gasteiger partial charge on any atom is -0.378 e. The van der Waals surface area contributed by atoms with Crippen molar-refractivity contribution in [3.8, 4) is 0 Å². The van der Waals surface area contributed by atoms with Crippen LogP contribution in [-0.4, -0.2) is 28.8 Å². The molecule has 5 heteroatoms. The van der Waals surface area contributed by atoms with Gasteiger partial charge in [0.1, 0.15) is 0 Å². The van der Waals surface area contributed by atoms with Gasteiger partial charge in [0, 0.05) is 12.0 Å². The number of aromatic nitrogens is 2. The van der Waals surface area contributed by atoms with Gasteiger partial charge in [-0.25, -0.2) is 0 Å². The first kappa shape index (κ1) is 13.9. The van der Waals surface area contributed by atoms with Crippen LogP contribution in [0.15, 0.2) is 5.38 Å². The van der Waals surface area contributed by atoms with Gasteiger partial charge in [0.2, 0.25) is 0 Å². The molecule has 1 fully saturated rings. The summed E-state index contributed by atoms with van der Waals surface area (Å²) in [5.41, 5.74) is 1.10. The van der Waals surface area contributed by atoms with E-state index >= 15 is 0 Å². The summed E-state index contributed by atoms with van der Waals surface area (Å²) >= 11 is 1.43. The normalized spacial score (nSPS) is 21.3. The number of hydrogen-bond donors (Lipinski definition) is 1. The Morgan fingerprint density at radius 3 is 3.22 bits per heavy atom. The van der Waals surface area contributed by atoms with Crippen LogP contribution in [0.1, 0.15) is 57.2 Å². The maximum absolute atomic E-state index is 5.66. The molecule has 4 nitrogen and oxygen atoms in total. The molecule has 2 rings (SSSR count). The second-order valence-electron chi connectivity index (χ2n) is 4.90. The number of nitrogens with zero attached hydrogens (tertiary/aromatic N) is 2. The lowest BCUT2D eigenvalue weighted by atomic mass is 10.0. The summed E-state index contributed by atoms with van der Waals surface area (Å²) < 4.78 is 9.62. The summed E-state index contributed by atoms with van der Waals surface area (Å²) in [6.45, 7) is 4.19. The first-order valence-corrected chi connectivity index (χ1v) is 7.85. The van der Waals surface area contributed by atoms with Crippen LogP contribution in [0.2, 0.25) is 0 Å². The zero-order valence-electron chi connectivity index (χ0n) is 11.1. The fraction of sp³-hybridized carbons (Fsp3) is 0.846. The third kappa shape index (κ3) is 4.30. The van der Waals surface area contributed by atoms with Gasteiger partial charge in [-0.15, -0.1) is 5.10 Å². The number of hydrogen-bond acceptors (Lipinski definition) is 5. The highest BCUT2D eigenvalue weighted by Gasteiger charge is 2.17. The first-order chi connectivity index (χ1) is 8.90. The Morgan fingerprint density at radius 1 is 1.61 bits per heavy atom. The van der Waals surface area contributed by atoms with Gasteiger partial charge in [0.15, 0.2) is 0 Å². The summed E-state index contributed by atoms with van der Waals surface area (Å²) in [6, 6.07) is 0.366. The topological polar surface area (TPSA) is 47.0 Å². The fourth-order valence-electron chi connectivity index (χ4n) is 2.42. The minimum atomic E-state index is 0.366. The lowest BCUT2D eigenvalue weighted by molar-refractivity contribution is 0.101. The third-order valence-corrected chi connectivity index (χ3v) is 3.94. The summed E-state index contributed by atoms with van der Waals surface area (Å²) in [4.78, 5) is 0. The van der Waals surface area contributed by atoms with Gasteiger partial charge in [-0.2, -0.15) is 0 Å². The molecule has 0 aromatic carbocycles. The Kier molecular flexibility index (Phi) is 6.04. The van der Waals surface area contributed by atoms with Crippen molar-refractivity contribution < 1.29 is 4.74 Å². The zero-order chi connectivity index (χ0) is 12.6. The minimum absolute atomic E-state index is 0.366. The van der Waals surface area contributed by atoms with E-state index in [0.717, 1.165) is 31.7 Å². The summed E-state index contributed by atoms with van der Waals surface area (Å²) in [5, 5.41) is 9.81. The van der Waals surface area contributed by atoms with Gasteiger partial charge in [0.25, 0.3) is 0 Å². The van der Waals surface area contributed by atoms with Crippen LogP contribution >= 0.6 is 11.5 Å². The van der Waals surface area contributed by atoms with Crippen molar-refractivity contribution in [1.29, 1.82) is 0 Å². The lowest BCUT2D eigenvalue weighted by Gasteiger charge is -2.17. The molecule has 102 valence electrons. The summed E-state index contributed by atoms with van der Waals surface area (Å²) in [5.74, 6) is 0. The fourth-order valence-corrected chi connectivity index (χ4v) is 2.93. The zero-order valence-corrected chi connectivity index (χ0v) is 11.9. The number of ether oxygens (including phenoxy) is 1. The summed E-state index contributed by atoms with van der Waals surface area (Å²) in [7, 11) is 0. The van der Waals surface area contributed by atoms with E-state index in [2.05, 4.69) is 27.2 Å². The molecule has 1 aliphatic heterocycles. The Hall–Kier alpha value is -0.520. The van der Waals surface area contributed by atoms with Crippen molar-refractivity contribution in [1.82, 2.24) is 14.9 Å². The molecule has 18 heavy (non-hydrogen) atoms. The highest BCUT2D eigenvalue weighted by atomic mass is 32.1. The Labute approximate surface area is 113 Å². The van der Waals surface area contributed by atoms with Crippen molar-refractivity contribution in [2.75, 3.05) is 13.2 Å². The summed E-state index contributed by atoms with van der Waals surface area (Å²) in [6.07, 6.45) is 7.64. The maximum Gasteiger partial charge on any atom is 0.0924 e. The van der Waals surface area contributed by atoms with E-state index in [9.17, 15) is 0 Å². The monoisotopic (exact) mass is 269 g/mol. The van der Waals surface area contributed by atoms with Crippen molar-refractivity contribution in [2.45, 2.75) is 57.6 Å². The Bertz CT molecular complexity index is 312. The molecule has 0 spiro atoms. The van der Waals surface area contributed by atoms with Crippen LogP contribution in [-0.2, 0) is 4.74 Å². The average Bonchev–Trinajstić information content (AvgIpc) is 3.05. The van der Waals surface area contributed by atoms with Crippen LogP contribution in [0, 0.1) is 0 Å². The van der Waals surface area contributed by atoms with Crippen molar-refractivity contribution in [3.05, 3.63) is 11.1 Å². The average molecular weight is 269 g/mol. The van der Waals surface area contributed by atoms with Crippen LogP contribution in [0.4, 0.5) is 0 Å². The largest absolute Gasteiger partial charge is 0.378 e. The van der Waals surface area contributed by atoms with Crippen LogP contribution < -0.4 is 5.32 Å². The lowest BCUT2D eigenvalue weighted by Crippen LogP contribution is -2.23. The van der Waals surface area contributed by atoms with Crippen molar-refractivity contribution in [2.24, 2.45) is 0 Å². The number of nitrogens with one attached hydrogen (secondary N) is 1. The molecule has 0 saturated carbocycles. The van der Waals surface area contributed by atoms with Crippen LogP contribution in [0.5, 0.6) is 0 Å². The molecular weight excluding hydrogens is 246 g/mol. The standard InChI is InChI=1S/C13H23N3OS/c1-2-8-14-12(13-10-18-16-15-13)7-3-5-11-6-4-9-17-11/h10-12,14H,2-9H2,1H3. The van der Waals surface area contributed by atoms with Gasteiger partial charge in [-0.1, -0.05) is 11.4 Å². The molecule has 2 unspecified atom stereocenters. The van der Waals surface area contributed by atoms with Gasteiger partial charge in [0.05, 0.1) is 17.8 Å². The molecule has 0 radical (unpaired) electrons. The van der Waals surface area contributed by atoms with Crippen LogP contribution in [0.25, 0.3) is 0 Å². The molecule has 0 amide bonds. The van der Waals surface area contributed by atoms with E-state index in [4.69, 9.17) is 4.74 Å². The molecule has 2 heterocycles. The van der Waals surface area contributed by atoms with Crippen molar-refractivity contribution in [3.63, 3.8) is 0 Å². The highest BCUT2D eigenvalue weighted by Crippen LogP contribution is 2.22. The van der Waals surface area contributed by atoms with E-state index in [0.29, 0.717) is 12.1 Å². The van der Waals surface area contributed by atoms with Gasteiger partial charge >= 0.3 is 0 Å². The molecule has 2 atom stereocenters. The molecule has 0 aliphatic carbocycles. The molecule has 0 bridgehead atoms. The van der Waals surface area contributed by atoms with E-state index in [1.54, 1.807) is 0 Å². The van der Waals surface area contributed by atoms with E-state index in [-0.39, 0.29) is 0 Å². The molecule has 1 aliphatic rings. The SMILES string of the molecule is CCCNC(CCCC1CCCO1)c1csnn1. The van der Waals surface area contributed by atoms with Crippen molar-refractivity contribution >= 4 is 11.5 Å². The second-order valence-corrected chi connectivity index (χ2v) is 5.51. The smallest absolute Gasteiger partial charge is 0.0924 e. The quantitative estimate of drug-likeness (QED) is 0.788. The molecule has 1 N–H and O–H groups in total. The van der Waals surface area contributed by atoms with Gasteiger partial charge < -0.3 is 10.1 Å². The molecule has 1 saturated heterocycles. The van der Waals surface area contributed by atoms with E-state index in [1.807, 2.05) is 0 Å². The van der Waals surface area contributed by atoms with Crippen LogP contribution in [0.3, 0.4) is 0 Å². The predicted molar refractivity (Wildman–Crippen MR) is 73.8 cm³/mol. The van der Waals surface area contributed by atoms with E-state index in [1.165, 1.54) is 37.2 Å². The molecule has 1 aromatic heterocycles. The predicted octanol–water partition coefficient (Wildman–Crippen LogP) is 2.93. The first-order valence-electron chi connectivity index (χ1n) is 7.02. The van der Waals surface area contributed by atoms with Gasteiger partial charge in [-0.3, -0.25) is 0 Å². The highest BCUT2D eigenvalue weighted by molar-refractivity contribution is 7.03. The van der Waals surface area contributed by atoms with E-state index < -0.39 is 0 Å². The van der Waals surface area contributed by atoms with Gasteiger partial charge in [-0.05, 0) is 56.6 Å².